The number of nitrogens with one attached hydrogen (secondary N) is 1. The summed E-state index contributed by atoms with van der Waals surface area (Å²) < 4.78 is 0. The molecule has 2 rings (SSSR count). The van der Waals surface area contributed by atoms with Crippen LogP contribution in [-0.2, 0) is 22.6 Å². The van der Waals surface area contributed by atoms with Gasteiger partial charge in [-0.15, -0.1) is 0 Å². The fraction of sp³-hybridized carbons (Fsp3) is 0.556. The first-order chi connectivity index (χ1) is 11.1. The van der Waals surface area contributed by atoms with Crippen molar-refractivity contribution in [1.29, 1.82) is 0 Å². The van der Waals surface area contributed by atoms with E-state index in [1.165, 1.54) is 0 Å². The normalized spacial score (nSPS) is 18.2. The second kappa shape index (κ2) is 8.11. The zero-order valence-corrected chi connectivity index (χ0v) is 14.0. The van der Waals surface area contributed by atoms with E-state index in [4.69, 9.17) is 5.73 Å². The summed E-state index contributed by atoms with van der Waals surface area (Å²) >= 11 is 0. The zero-order chi connectivity index (χ0) is 16.8. The number of carbonyl (C=O) groups is 2. The minimum Gasteiger partial charge on any atom is -0.354 e. The van der Waals surface area contributed by atoms with Crippen molar-refractivity contribution in [3.05, 3.63) is 35.4 Å². The Bertz CT molecular complexity index is 559. The Balaban J connectivity index is 2.20. The summed E-state index contributed by atoms with van der Waals surface area (Å²) in [6.45, 7) is 5.53. The number of rotatable bonds is 6. The number of benzene rings is 1. The van der Waals surface area contributed by atoms with Gasteiger partial charge in [0.15, 0.2) is 0 Å². The summed E-state index contributed by atoms with van der Waals surface area (Å²) in [4.78, 5) is 27.0. The van der Waals surface area contributed by atoms with Crippen molar-refractivity contribution >= 4 is 11.8 Å². The van der Waals surface area contributed by atoms with Crippen LogP contribution in [0.4, 0.5) is 0 Å². The SMILES string of the molecule is CCC(C)C(=O)N1Cc2ccccc2CC1C(=O)NCCCN. The third-order valence-electron chi connectivity index (χ3n) is 4.55. The van der Waals surface area contributed by atoms with Crippen LogP contribution in [0.15, 0.2) is 24.3 Å². The maximum Gasteiger partial charge on any atom is 0.243 e. The average molecular weight is 317 g/mol. The molecule has 0 saturated heterocycles. The van der Waals surface area contributed by atoms with Crippen molar-refractivity contribution in [2.45, 2.75) is 45.7 Å². The molecule has 0 aliphatic carbocycles. The summed E-state index contributed by atoms with van der Waals surface area (Å²) in [6.07, 6.45) is 2.10. The highest BCUT2D eigenvalue weighted by Crippen LogP contribution is 2.25. The van der Waals surface area contributed by atoms with Gasteiger partial charge in [-0.1, -0.05) is 38.1 Å². The molecule has 2 amide bonds. The summed E-state index contributed by atoms with van der Waals surface area (Å²) in [5, 5.41) is 2.91. The molecule has 1 heterocycles. The summed E-state index contributed by atoms with van der Waals surface area (Å²) in [5.41, 5.74) is 7.76. The van der Waals surface area contributed by atoms with Crippen LogP contribution >= 0.6 is 0 Å². The van der Waals surface area contributed by atoms with Crippen molar-refractivity contribution < 1.29 is 9.59 Å². The molecule has 2 atom stereocenters. The maximum atomic E-state index is 12.7. The first-order valence-electron chi connectivity index (χ1n) is 8.43. The fourth-order valence-corrected chi connectivity index (χ4v) is 2.88. The van der Waals surface area contributed by atoms with Gasteiger partial charge in [-0.2, -0.15) is 0 Å². The Morgan fingerprint density at radius 3 is 2.70 bits per heavy atom. The predicted octanol–water partition coefficient (Wildman–Crippen LogP) is 1.45. The highest BCUT2D eigenvalue weighted by atomic mass is 16.2. The Hall–Kier alpha value is -1.88. The molecule has 2 unspecified atom stereocenters. The van der Waals surface area contributed by atoms with E-state index in [-0.39, 0.29) is 17.7 Å². The van der Waals surface area contributed by atoms with Gasteiger partial charge in [-0.3, -0.25) is 9.59 Å². The second-order valence-electron chi connectivity index (χ2n) is 6.20. The van der Waals surface area contributed by atoms with Crippen LogP contribution in [0, 0.1) is 5.92 Å². The highest BCUT2D eigenvalue weighted by Gasteiger charge is 2.35. The largest absolute Gasteiger partial charge is 0.354 e. The van der Waals surface area contributed by atoms with E-state index in [0.29, 0.717) is 26.1 Å². The molecule has 1 aliphatic rings. The molecule has 1 aliphatic heterocycles. The molecule has 5 nitrogen and oxygen atoms in total. The van der Waals surface area contributed by atoms with Crippen LogP contribution in [0.5, 0.6) is 0 Å². The first kappa shape index (κ1) is 17.5. The average Bonchev–Trinajstić information content (AvgIpc) is 2.59. The lowest BCUT2D eigenvalue weighted by Gasteiger charge is -2.37. The first-order valence-corrected chi connectivity index (χ1v) is 8.43. The number of amides is 2. The molecule has 0 bridgehead atoms. The van der Waals surface area contributed by atoms with Gasteiger partial charge in [0.2, 0.25) is 11.8 Å². The van der Waals surface area contributed by atoms with Crippen molar-refractivity contribution in [2.75, 3.05) is 13.1 Å². The molecule has 3 N–H and O–H groups in total. The summed E-state index contributed by atoms with van der Waals surface area (Å²) in [5.74, 6) is -0.0924. The van der Waals surface area contributed by atoms with Gasteiger partial charge in [-0.05, 0) is 30.5 Å². The fourth-order valence-electron chi connectivity index (χ4n) is 2.88. The third-order valence-corrected chi connectivity index (χ3v) is 4.55. The third kappa shape index (κ3) is 4.10. The summed E-state index contributed by atoms with van der Waals surface area (Å²) in [6, 6.07) is 7.61. The van der Waals surface area contributed by atoms with Crippen LogP contribution in [0.1, 0.15) is 37.8 Å². The van der Waals surface area contributed by atoms with E-state index in [2.05, 4.69) is 5.32 Å². The van der Waals surface area contributed by atoms with E-state index in [1.807, 2.05) is 38.1 Å². The quantitative estimate of drug-likeness (QED) is 0.780. The van der Waals surface area contributed by atoms with Gasteiger partial charge >= 0.3 is 0 Å². The van der Waals surface area contributed by atoms with Crippen molar-refractivity contribution in [3.8, 4) is 0 Å². The van der Waals surface area contributed by atoms with E-state index in [0.717, 1.165) is 24.0 Å². The summed E-state index contributed by atoms with van der Waals surface area (Å²) in [7, 11) is 0. The van der Waals surface area contributed by atoms with E-state index < -0.39 is 6.04 Å². The standard InChI is InChI=1S/C18H27N3O2/c1-3-13(2)18(23)21-12-15-8-5-4-7-14(15)11-16(21)17(22)20-10-6-9-19/h4-5,7-8,13,16H,3,6,9-12,19H2,1-2H3,(H,20,22). The number of fused-ring (bicyclic) bond motifs is 1. The predicted molar refractivity (Wildman–Crippen MR) is 90.6 cm³/mol. The van der Waals surface area contributed by atoms with Crippen LogP contribution in [0.2, 0.25) is 0 Å². The number of hydrogen-bond donors (Lipinski definition) is 2. The van der Waals surface area contributed by atoms with Gasteiger partial charge in [0.05, 0.1) is 0 Å². The Morgan fingerprint density at radius 2 is 2.04 bits per heavy atom. The van der Waals surface area contributed by atoms with Crippen LogP contribution < -0.4 is 11.1 Å². The second-order valence-corrected chi connectivity index (χ2v) is 6.20. The number of nitrogens with zero attached hydrogens (tertiary/aromatic N) is 1. The smallest absolute Gasteiger partial charge is 0.243 e. The van der Waals surface area contributed by atoms with E-state index in [9.17, 15) is 9.59 Å². The molecule has 5 heteroatoms. The monoisotopic (exact) mass is 317 g/mol. The molecular formula is C18H27N3O2. The lowest BCUT2D eigenvalue weighted by Crippen LogP contribution is -2.53. The van der Waals surface area contributed by atoms with Crippen LogP contribution in [0.3, 0.4) is 0 Å². The molecule has 0 saturated carbocycles. The van der Waals surface area contributed by atoms with Gasteiger partial charge in [0, 0.05) is 25.4 Å². The van der Waals surface area contributed by atoms with Crippen molar-refractivity contribution in [3.63, 3.8) is 0 Å². The number of nitrogens with two attached hydrogens (primary N) is 1. The van der Waals surface area contributed by atoms with Gasteiger partial charge in [-0.25, -0.2) is 0 Å². The maximum absolute atomic E-state index is 12.7. The van der Waals surface area contributed by atoms with Gasteiger partial charge in [0.25, 0.3) is 0 Å². The number of hydrogen-bond acceptors (Lipinski definition) is 3. The molecule has 0 radical (unpaired) electrons. The van der Waals surface area contributed by atoms with E-state index in [1.54, 1.807) is 4.90 Å². The number of carbonyl (C=O) groups excluding carboxylic acids is 2. The molecule has 0 fully saturated rings. The van der Waals surface area contributed by atoms with Crippen molar-refractivity contribution in [2.24, 2.45) is 11.7 Å². The minimum absolute atomic E-state index is 0.0565. The minimum atomic E-state index is -0.427. The molecule has 0 aromatic heterocycles. The zero-order valence-electron chi connectivity index (χ0n) is 14.0. The lowest BCUT2D eigenvalue weighted by molar-refractivity contribution is -0.144. The lowest BCUT2D eigenvalue weighted by atomic mass is 9.92. The Morgan fingerprint density at radius 1 is 1.35 bits per heavy atom. The highest BCUT2D eigenvalue weighted by molar-refractivity contribution is 5.89. The van der Waals surface area contributed by atoms with E-state index >= 15 is 0 Å². The molecular weight excluding hydrogens is 290 g/mol. The van der Waals surface area contributed by atoms with Crippen LogP contribution in [0.25, 0.3) is 0 Å². The molecule has 23 heavy (non-hydrogen) atoms. The van der Waals surface area contributed by atoms with Gasteiger partial charge < -0.3 is 16.0 Å². The molecule has 1 aromatic rings. The Kier molecular flexibility index (Phi) is 6.16. The molecule has 0 spiro atoms. The molecule has 126 valence electrons. The molecule has 1 aromatic carbocycles. The topological polar surface area (TPSA) is 75.4 Å². The van der Waals surface area contributed by atoms with Crippen LogP contribution in [-0.4, -0.2) is 35.8 Å². The van der Waals surface area contributed by atoms with Gasteiger partial charge in [0.1, 0.15) is 6.04 Å². The van der Waals surface area contributed by atoms with Crippen molar-refractivity contribution in [1.82, 2.24) is 10.2 Å². The Labute approximate surface area is 138 Å².